The number of benzene rings is 1. The number of amides is 2. The number of hydrogen-bond donors (Lipinski definition) is 1. The Kier molecular flexibility index (Phi) is 4.61. The van der Waals surface area contributed by atoms with Crippen LogP contribution in [0.1, 0.15) is 59.1 Å². The molecule has 2 aliphatic heterocycles. The molecule has 2 aromatic rings. The van der Waals surface area contributed by atoms with Crippen LogP contribution in [0.25, 0.3) is 0 Å². The minimum Gasteiger partial charge on any atom is -0.484 e. The number of rotatable bonds is 2. The summed E-state index contributed by atoms with van der Waals surface area (Å²) in [6.45, 7) is 7.59. The van der Waals surface area contributed by atoms with Gasteiger partial charge in [-0.1, -0.05) is 11.6 Å². The van der Waals surface area contributed by atoms with E-state index in [1.54, 1.807) is 16.9 Å². The van der Waals surface area contributed by atoms with E-state index in [4.69, 9.17) is 4.74 Å². The van der Waals surface area contributed by atoms with Crippen molar-refractivity contribution in [1.29, 1.82) is 0 Å². The van der Waals surface area contributed by atoms with Crippen molar-refractivity contribution in [3.63, 3.8) is 0 Å². The molecule has 1 fully saturated rings. The lowest BCUT2D eigenvalue weighted by Gasteiger charge is -2.41. The van der Waals surface area contributed by atoms with Gasteiger partial charge in [0.2, 0.25) is 0 Å². The van der Waals surface area contributed by atoms with Gasteiger partial charge >= 0.3 is 0 Å². The van der Waals surface area contributed by atoms with Crippen molar-refractivity contribution in [2.45, 2.75) is 45.3 Å². The van der Waals surface area contributed by atoms with Gasteiger partial charge in [0.05, 0.1) is 12.1 Å². The Morgan fingerprint density at radius 3 is 2.71 bits per heavy atom. The number of piperidine rings is 1. The van der Waals surface area contributed by atoms with Crippen LogP contribution >= 0.6 is 0 Å². The highest BCUT2D eigenvalue weighted by Gasteiger charge is 2.41. The van der Waals surface area contributed by atoms with E-state index in [0.29, 0.717) is 49.5 Å². The van der Waals surface area contributed by atoms with Gasteiger partial charge in [0.25, 0.3) is 11.8 Å². The number of fused-ring (bicyclic) bond motifs is 1. The highest BCUT2D eigenvalue weighted by molar-refractivity contribution is 5.97. The standard InChI is InChI=1S/C21H26N4O3/c1-14(2)25-17(6-9-23-25)20(27)24-10-7-21(8-11-24)13-22-19(26)16-12-15(3)4-5-18(16)28-21/h4-6,9,12,14H,7-8,10-11,13H2,1-3H3,(H,22,26). The molecule has 7 nitrogen and oxygen atoms in total. The van der Waals surface area contributed by atoms with Gasteiger partial charge in [0, 0.05) is 38.2 Å². The Balaban J connectivity index is 1.50. The first-order chi connectivity index (χ1) is 13.4. The second-order valence-electron chi connectivity index (χ2n) is 8.01. The van der Waals surface area contributed by atoms with Crippen LogP contribution in [0.2, 0.25) is 0 Å². The van der Waals surface area contributed by atoms with Gasteiger partial charge in [0.15, 0.2) is 0 Å². The van der Waals surface area contributed by atoms with Crippen LogP contribution in [0, 0.1) is 6.92 Å². The van der Waals surface area contributed by atoms with E-state index in [1.165, 1.54) is 0 Å². The summed E-state index contributed by atoms with van der Waals surface area (Å²) >= 11 is 0. The fraction of sp³-hybridized carbons (Fsp3) is 0.476. The molecule has 28 heavy (non-hydrogen) atoms. The van der Waals surface area contributed by atoms with Gasteiger partial charge in [-0.25, -0.2) is 0 Å². The average molecular weight is 382 g/mol. The Bertz CT molecular complexity index is 910. The van der Waals surface area contributed by atoms with Crippen molar-refractivity contribution in [3.8, 4) is 5.75 Å². The molecule has 0 atom stereocenters. The van der Waals surface area contributed by atoms with E-state index in [-0.39, 0.29) is 17.9 Å². The van der Waals surface area contributed by atoms with Crippen molar-refractivity contribution in [2.75, 3.05) is 19.6 Å². The number of nitrogens with one attached hydrogen (secondary N) is 1. The lowest BCUT2D eigenvalue weighted by molar-refractivity contribution is 0.00725. The maximum atomic E-state index is 13.0. The van der Waals surface area contributed by atoms with Crippen LogP contribution in [0.5, 0.6) is 5.75 Å². The molecule has 1 saturated heterocycles. The molecule has 2 aliphatic rings. The van der Waals surface area contributed by atoms with E-state index in [0.717, 1.165) is 5.56 Å². The third-order valence-electron chi connectivity index (χ3n) is 5.62. The van der Waals surface area contributed by atoms with Gasteiger partial charge in [0.1, 0.15) is 17.0 Å². The summed E-state index contributed by atoms with van der Waals surface area (Å²) in [4.78, 5) is 27.3. The molecule has 1 N–H and O–H groups in total. The zero-order valence-electron chi connectivity index (χ0n) is 16.6. The van der Waals surface area contributed by atoms with E-state index in [2.05, 4.69) is 10.4 Å². The minimum absolute atomic E-state index is 0.00488. The van der Waals surface area contributed by atoms with Crippen LogP contribution in [0.15, 0.2) is 30.5 Å². The molecule has 148 valence electrons. The molecule has 1 aromatic carbocycles. The van der Waals surface area contributed by atoms with Crippen molar-refractivity contribution in [3.05, 3.63) is 47.3 Å². The van der Waals surface area contributed by atoms with Crippen molar-refractivity contribution in [2.24, 2.45) is 0 Å². The normalized spacial score (nSPS) is 18.4. The summed E-state index contributed by atoms with van der Waals surface area (Å²) in [5.41, 5.74) is 1.74. The Morgan fingerprint density at radius 2 is 2.00 bits per heavy atom. The van der Waals surface area contributed by atoms with Gasteiger partial charge in [-0.15, -0.1) is 0 Å². The topological polar surface area (TPSA) is 76.5 Å². The van der Waals surface area contributed by atoms with Gasteiger partial charge in [-0.3, -0.25) is 14.3 Å². The zero-order valence-corrected chi connectivity index (χ0v) is 16.6. The number of likely N-dealkylation sites (tertiary alicyclic amines) is 1. The number of carbonyl (C=O) groups is 2. The predicted octanol–water partition coefficient (Wildman–Crippen LogP) is 2.57. The third kappa shape index (κ3) is 3.25. The summed E-state index contributed by atoms with van der Waals surface area (Å²) < 4.78 is 8.11. The van der Waals surface area contributed by atoms with Crippen LogP contribution in [0.4, 0.5) is 0 Å². The molecular weight excluding hydrogens is 356 g/mol. The first-order valence-corrected chi connectivity index (χ1v) is 9.79. The van der Waals surface area contributed by atoms with Crippen molar-refractivity contribution in [1.82, 2.24) is 20.0 Å². The average Bonchev–Trinajstić information content (AvgIpc) is 3.13. The summed E-state index contributed by atoms with van der Waals surface area (Å²) in [6.07, 6.45) is 3.01. The molecule has 0 unspecified atom stereocenters. The molecule has 0 saturated carbocycles. The second kappa shape index (κ2) is 6.96. The quantitative estimate of drug-likeness (QED) is 0.866. The molecule has 7 heteroatoms. The molecule has 0 aliphatic carbocycles. The lowest BCUT2D eigenvalue weighted by atomic mass is 9.90. The van der Waals surface area contributed by atoms with E-state index >= 15 is 0 Å². The molecule has 3 heterocycles. The smallest absolute Gasteiger partial charge is 0.272 e. The van der Waals surface area contributed by atoms with Crippen LogP contribution in [-0.4, -0.2) is 51.7 Å². The molecule has 0 bridgehead atoms. The Labute approximate surface area is 164 Å². The van der Waals surface area contributed by atoms with Gasteiger partial charge < -0.3 is 15.0 Å². The maximum Gasteiger partial charge on any atom is 0.272 e. The largest absolute Gasteiger partial charge is 0.484 e. The molecule has 4 rings (SSSR count). The minimum atomic E-state index is -0.481. The van der Waals surface area contributed by atoms with E-state index in [1.807, 2.05) is 43.9 Å². The third-order valence-corrected chi connectivity index (χ3v) is 5.62. The molecule has 2 amide bonds. The van der Waals surface area contributed by atoms with E-state index < -0.39 is 5.60 Å². The second-order valence-corrected chi connectivity index (χ2v) is 8.01. The van der Waals surface area contributed by atoms with Crippen molar-refractivity contribution >= 4 is 11.8 Å². The summed E-state index contributed by atoms with van der Waals surface area (Å²) in [5.74, 6) is 0.517. The summed E-state index contributed by atoms with van der Waals surface area (Å²) in [7, 11) is 0. The zero-order chi connectivity index (χ0) is 19.9. The van der Waals surface area contributed by atoms with Crippen LogP contribution < -0.4 is 10.1 Å². The van der Waals surface area contributed by atoms with Gasteiger partial charge in [-0.2, -0.15) is 5.10 Å². The fourth-order valence-electron chi connectivity index (χ4n) is 3.97. The number of hydrogen-bond acceptors (Lipinski definition) is 4. The van der Waals surface area contributed by atoms with E-state index in [9.17, 15) is 9.59 Å². The maximum absolute atomic E-state index is 13.0. The Hall–Kier alpha value is -2.83. The fourth-order valence-corrected chi connectivity index (χ4v) is 3.97. The molecule has 1 aromatic heterocycles. The Morgan fingerprint density at radius 1 is 1.25 bits per heavy atom. The number of ether oxygens (including phenoxy) is 1. The first-order valence-electron chi connectivity index (χ1n) is 9.79. The monoisotopic (exact) mass is 382 g/mol. The predicted molar refractivity (Wildman–Crippen MR) is 105 cm³/mol. The molecular formula is C21H26N4O3. The molecule has 0 radical (unpaired) electrons. The summed E-state index contributed by atoms with van der Waals surface area (Å²) in [6, 6.07) is 7.58. The number of aryl methyl sites for hydroxylation is 1. The summed E-state index contributed by atoms with van der Waals surface area (Å²) in [5, 5.41) is 7.27. The van der Waals surface area contributed by atoms with Crippen molar-refractivity contribution < 1.29 is 14.3 Å². The van der Waals surface area contributed by atoms with Crippen LogP contribution in [-0.2, 0) is 0 Å². The first kappa shape index (κ1) is 18.5. The van der Waals surface area contributed by atoms with Gasteiger partial charge in [-0.05, 0) is 39.0 Å². The van der Waals surface area contributed by atoms with Crippen LogP contribution in [0.3, 0.4) is 0 Å². The highest BCUT2D eigenvalue weighted by atomic mass is 16.5. The number of nitrogens with zero attached hydrogens (tertiary/aromatic N) is 3. The highest BCUT2D eigenvalue weighted by Crippen LogP contribution is 2.33. The molecule has 1 spiro atoms. The number of carbonyl (C=O) groups excluding carboxylic acids is 2. The lowest BCUT2D eigenvalue weighted by Crippen LogP contribution is -2.54. The number of aromatic nitrogens is 2. The SMILES string of the molecule is Cc1ccc2c(c1)C(=O)NCC1(CCN(C(=O)c3ccnn3C(C)C)CC1)O2.